The van der Waals surface area contributed by atoms with Crippen molar-refractivity contribution in [2.45, 2.75) is 18.1 Å². The molecule has 1 amide bonds. The van der Waals surface area contributed by atoms with Crippen LogP contribution in [0.4, 0.5) is 5.69 Å². The van der Waals surface area contributed by atoms with Crippen molar-refractivity contribution in [2.75, 3.05) is 17.2 Å². The van der Waals surface area contributed by atoms with Gasteiger partial charge in [-0.2, -0.15) is 0 Å². The van der Waals surface area contributed by atoms with Crippen LogP contribution in [0.25, 0.3) is 11.5 Å². The lowest BCUT2D eigenvalue weighted by Gasteiger charge is -2.29. The van der Waals surface area contributed by atoms with Gasteiger partial charge in [0.05, 0.1) is 5.75 Å². The quantitative estimate of drug-likeness (QED) is 0.711. The van der Waals surface area contributed by atoms with Crippen molar-refractivity contribution in [1.82, 2.24) is 10.2 Å². The number of phenols is 1. The van der Waals surface area contributed by atoms with Crippen molar-refractivity contribution in [3.05, 3.63) is 54.1 Å². The molecule has 6 nitrogen and oxygen atoms in total. The number of aromatic nitrogens is 2. The van der Waals surface area contributed by atoms with Gasteiger partial charge < -0.3 is 14.4 Å². The molecule has 0 radical (unpaired) electrons. The predicted octanol–water partition coefficient (Wildman–Crippen LogP) is 3.51. The highest BCUT2D eigenvalue weighted by Crippen LogP contribution is 2.29. The Labute approximate surface area is 154 Å². The summed E-state index contributed by atoms with van der Waals surface area (Å²) in [6.45, 7) is 0.735. The molecular weight excluding hydrogens is 350 g/mol. The molecule has 1 aliphatic heterocycles. The number of carbonyl (C=O) groups is 1. The van der Waals surface area contributed by atoms with Gasteiger partial charge in [-0.05, 0) is 48.7 Å². The van der Waals surface area contributed by atoms with Gasteiger partial charge in [0.2, 0.25) is 11.8 Å². The number of thioether (sulfide) groups is 1. The summed E-state index contributed by atoms with van der Waals surface area (Å²) in [5.74, 6) is 0.816. The summed E-state index contributed by atoms with van der Waals surface area (Å²) in [6.07, 6.45) is 1.98. The molecule has 0 saturated carbocycles. The second-order valence-electron chi connectivity index (χ2n) is 5.99. The van der Waals surface area contributed by atoms with Gasteiger partial charge in [-0.3, -0.25) is 4.79 Å². The number of rotatable bonds is 4. The molecule has 1 aliphatic rings. The fourth-order valence-electron chi connectivity index (χ4n) is 2.98. The van der Waals surface area contributed by atoms with Crippen molar-refractivity contribution in [1.29, 1.82) is 0 Å². The Morgan fingerprint density at radius 3 is 2.81 bits per heavy atom. The van der Waals surface area contributed by atoms with Gasteiger partial charge in [-0.15, -0.1) is 10.2 Å². The van der Waals surface area contributed by atoms with E-state index < -0.39 is 0 Å². The number of carbonyl (C=O) groups excluding carboxylic acids is 1. The van der Waals surface area contributed by atoms with Crippen LogP contribution in [0.5, 0.6) is 5.75 Å². The third kappa shape index (κ3) is 3.43. The smallest absolute Gasteiger partial charge is 0.277 e. The zero-order valence-corrected chi connectivity index (χ0v) is 14.8. The van der Waals surface area contributed by atoms with Crippen molar-refractivity contribution in [3.8, 4) is 17.2 Å². The van der Waals surface area contributed by atoms with E-state index in [4.69, 9.17) is 4.42 Å². The highest BCUT2D eigenvalue weighted by atomic mass is 32.2. The first-order valence-electron chi connectivity index (χ1n) is 8.35. The van der Waals surface area contributed by atoms with Crippen LogP contribution in [0, 0.1) is 0 Å². The summed E-state index contributed by atoms with van der Waals surface area (Å²) < 4.78 is 5.61. The maximum atomic E-state index is 12.6. The number of phenolic OH excluding ortho intramolecular Hbond substituents is 1. The average Bonchev–Trinajstić information content (AvgIpc) is 3.15. The van der Waals surface area contributed by atoms with E-state index in [1.165, 1.54) is 17.3 Å². The monoisotopic (exact) mass is 367 g/mol. The van der Waals surface area contributed by atoms with E-state index in [0.29, 0.717) is 11.1 Å². The minimum Gasteiger partial charge on any atom is -0.508 e. The Morgan fingerprint density at radius 1 is 1.15 bits per heavy atom. The first-order chi connectivity index (χ1) is 12.7. The van der Waals surface area contributed by atoms with E-state index in [9.17, 15) is 9.90 Å². The van der Waals surface area contributed by atoms with Gasteiger partial charge in [0.25, 0.3) is 5.22 Å². The van der Waals surface area contributed by atoms with Crippen LogP contribution in [-0.4, -0.2) is 33.5 Å². The normalized spacial score (nSPS) is 13.5. The summed E-state index contributed by atoms with van der Waals surface area (Å²) in [4.78, 5) is 14.5. The Morgan fingerprint density at radius 2 is 1.96 bits per heavy atom. The van der Waals surface area contributed by atoms with Crippen molar-refractivity contribution in [2.24, 2.45) is 0 Å². The molecule has 7 heteroatoms. The lowest BCUT2D eigenvalue weighted by Crippen LogP contribution is -2.36. The fraction of sp³-hybridized carbons (Fsp3) is 0.211. The van der Waals surface area contributed by atoms with Crippen LogP contribution in [0.15, 0.2) is 58.2 Å². The van der Waals surface area contributed by atoms with Crippen LogP contribution < -0.4 is 4.90 Å². The summed E-state index contributed by atoms with van der Waals surface area (Å²) in [5.41, 5.74) is 2.93. The molecule has 2 heterocycles. The molecule has 0 fully saturated rings. The first kappa shape index (κ1) is 16.7. The Bertz CT molecular complexity index is 924. The summed E-state index contributed by atoms with van der Waals surface area (Å²) in [5, 5.41) is 17.7. The molecule has 0 spiro atoms. The molecule has 4 rings (SSSR count). The lowest BCUT2D eigenvalue weighted by atomic mass is 10.0. The molecule has 26 heavy (non-hydrogen) atoms. The maximum Gasteiger partial charge on any atom is 0.277 e. The topological polar surface area (TPSA) is 79.5 Å². The Kier molecular flexibility index (Phi) is 4.62. The second kappa shape index (κ2) is 7.21. The zero-order valence-electron chi connectivity index (χ0n) is 14.0. The number of hydrogen-bond donors (Lipinski definition) is 1. The third-order valence-corrected chi connectivity index (χ3v) is 5.05. The standard InChI is InChI=1S/C19H17N3O3S/c23-15-9-7-14(8-10-15)18-20-21-19(25-18)26-12-17(24)22-11-3-5-13-4-1-2-6-16(13)22/h1-2,4,6-10,23H,3,5,11-12H2. The number of benzene rings is 2. The van der Waals surface area contributed by atoms with Crippen molar-refractivity contribution >= 4 is 23.4 Å². The number of aromatic hydroxyl groups is 1. The average molecular weight is 367 g/mol. The maximum absolute atomic E-state index is 12.6. The largest absolute Gasteiger partial charge is 0.508 e. The Hall–Kier alpha value is -2.80. The number of aryl methyl sites for hydroxylation is 1. The predicted molar refractivity (Wildman–Crippen MR) is 99.2 cm³/mol. The summed E-state index contributed by atoms with van der Waals surface area (Å²) in [6, 6.07) is 14.6. The van der Waals surface area contributed by atoms with Crippen LogP contribution in [-0.2, 0) is 11.2 Å². The number of amides is 1. The molecule has 0 saturated heterocycles. The van der Waals surface area contributed by atoms with E-state index in [-0.39, 0.29) is 17.4 Å². The SMILES string of the molecule is O=C(CSc1nnc(-c2ccc(O)cc2)o1)N1CCCc2ccccc21. The molecule has 1 N–H and O–H groups in total. The fourth-order valence-corrected chi connectivity index (χ4v) is 3.62. The first-order valence-corrected chi connectivity index (χ1v) is 9.33. The molecule has 0 atom stereocenters. The highest BCUT2D eigenvalue weighted by molar-refractivity contribution is 7.99. The van der Waals surface area contributed by atoms with Gasteiger partial charge in [-0.1, -0.05) is 30.0 Å². The number of fused-ring (bicyclic) bond motifs is 1. The molecule has 1 aromatic heterocycles. The minimum absolute atomic E-state index is 0.0338. The summed E-state index contributed by atoms with van der Waals surface area (Å²) in [7, 11) is 0. The van der Waals surface area contributed by atoms with Gasteiger partial charge in [0.1, 0.15) is 5.75 Å². The minimum atomic E-state index is 0.0338. The number of anilines is 1. The zero-order chi connectivity index (χ0) is 17.9. The van der Waals surface area contributed by atoms with Crippen LogP contribution in [0.3, 0.4) is 0 Å². The van der Waals surface area contributed by atoms with Gasteiger partial charge in [-0.25, -0.2) is 0 Å². The van der Waals surface area contributed by atoms with Crippen LogP contribution >= 0.6 is 11.8 Å². The molecule has 0 unspecified atom stereocenters. The van der Waals surface area contributed by atoms with Crippen LogP contribution in [0.1, 0.15) is 12.0 Å². The van der Waals surface area contributed by atoms with E-state index in [0.717, 1.165) is 30.6 Å². The Balaban J connectivity index is 1.42. The molecule has 0 bridgehead atoms. The van der Waals surface area contributed by atoms with E-state index >= 15 is 0 Å². The van der Waals surface area contributed by atoms with Crippen molar-refractivity contribution in [3.63, 3.8) is 0 Å². The van der Waals surface area contributed by atoms with E-state index in [1.54, 1.807) is 24.3 Å². The van der Waals surface area contributed by atoms with Crippen LogP contribution in [0.2, 0.25) is 0 Å². The van der Waals surface area contributed by atoms with Gasteiger partial charge >= 0.3 is 0 Å². The summed E-state index contributed by atoms with van der Waals surface area (Å²) >= 11 is 1.23. The third-order valence-electron chi connectivity index (χ3n) is 4.25. The molecule has 132 valence electrons. The number of para-hydroxylation sites is 1. The number of hydrogen-bond acceptors (Lipinski definition) is 6. The van der Waals surface area contributed by atoms with Crippen molar-refractivity contribution < 1.29 is 14.3 Å². The lowest BCUT2D eigenvalue weighted by molar-refractivity contribution is -0.116. The molecule has 2 aromatic carbocycles. The molecule has 0 aliphatic carbocycles. The highest BCUT2D eigenvalue weighted by Gasteiger charge is 2.22. The van der Waals surface area contributed by atoms with Gasteiger partial charge in [0.15, 0.2) is 0 Å². The number of nitrogens with zero attached hydrogens (tertiary/aromatic N) is 3. The van der Waals surface area contributed by atoms with Gasteiger partial charge in [0, 0.05) is 17.8 Å². The molecule has 3 aromatic rings. The second-order valence-corrected chi connectivity index (χ2v) is 6.91. The molecular formula is C19H17N3O3S. The van der Waals surface area contributed by atoms with E-state index in [1.807, 2.05) is 23.1 Å². The van der Waals surface area contributed by atoms with E-state index in [2.05, 4.69) is 16.3 Å².